The summed E-state index contributed by atoms with van der Waals surface area (Å²) in [5.74, 6) is 1.09. The molecule has 0 unspecified atom stereocenters. The van der Waals surface area contributed by atoms with Crippen LogP contribution in [0.15, 0.2) is 18.6 Å². The molecule has 0 radical (unpaired) electrons. The van der Waals surface area contributed by atoms with Gasteiger partial charge in [0.25, 0.3) is 0 Å². The second kappa shape index (κ2) is 7.27. The van der Waals surface area contributed by atoms with Crippen LogP contribution in [0.2, 0.25) is 0 Å². The van der Waals surface area contributed by atoms with E-state index < -0.39 is 0 Å². The first-order valence-electron chi connectivity index (χ1n) is 8.48. The maximum atomic E-state index is 5.95. The van der Waals surface area contributed by atoms with Gasteiger partial charge in [-0.15, -0.1) is 0 Å². The van der Waals surface area contributed by atoms with Gasteiger partial charge in [0.05, 0.1) is 6.20 Å². The number of hydrogen-bond donors (Lipinski definition) is 1. The third-order valence-electron chi connectivity index (χ3n) is 4.83. The number of imidazole rings is 1. The Kier molecular flexibility index (Phi) is 5.13. The molecule has 2 aromatic rings. The van der Waals surface area contributed by atoms with Crippen LogP contribution in [0.4, 0.5) is 0 Å². The van der Waals surface area contributed by atoms with Gasteiger partial charge >= 0.3 is 0 Å². The Morgan fingerprint density at radius 1 is 1.35 bits per heavy atom. The molecule has 2 aromatic heterocycles. The van der Waals surface area contributed by atoms with E-state index in [1.165, 1.54) is 11.3 Å². The molecule has 0 bridgehead atoms. The summed E-state index contributed by atoms with van der Waals surface area (Å²) in [4.78, 5) is 4.26. The first kappa shape index (κ1) is 16.2. The smallest absolute Gasteiger partial charge is 0.105 e. The second-order valence-electron chi connectivity index (χ2n) is 6.32. The van der Waals surface area contributed by atoms with E-state index in [-0.39, 0.29) is 6.10 Å². The minimum atomic E-state index is 0.139. The summed E-state index contributed by atoms with van der Waals surface area (Å²) in [5, 5.41) is 8.02. The summed E-state index contributed by atoms with van der Waals surface area (Å²) < 4.78 is 10.1. The van der Waals surface area contributed by atoms with Gasteiger partial charge < -0.3 is 14.6 Å². The number of nitrogens with one attached hydrogen (secondary N) is 1. The largest absolute Gasteiger partial charge is 0.372 e. The summed E-state index contributed by atoms with van der Waals surface area (Å²) in [6.45, 7) is 7.05. The molecule has 0 aliphatic carbocycles. The van der Waals surface area contributed by atoms with Gasteiger partial charge in [0.1, 0.15) is 11.9 Å². The number of aryl methyl sites for hydroxylation is 3. The third kappa shape index (κ3) is 3.64. The van der Waals surface area contributed by atoms with E-state index in [0.29, 0.717) is 6.04 Å². The highest BCUT2D eigenvalue weighted by Gasteiger charge is 2.31. The summed E-state index contributed by atoms with van der Waals surface area (Å²) in [6.07, 6.45) is 9.39. The lowest BCUT2D eigenvalue weighted by molar-refractivity contribution is 0.0981. The van der Waals surface area contributed by atoms with Gasteiger partial charge in [0.2, 0.25) is 0 Å². The van der Waals surface area contributed by atoms with Crippen molar-refractivity contribution in [2.45, 2.75) is 51.8 Å². The fourth-order valence-electron chi connectivity index (χ4n) is 3.23. The predicted octanol–water partition coefficient (Wildman–Crippen LogP) is 2.13. The molecular weight excluding hydrogens is 290 g/mol. The van der Waals surface area contributed by atoms with Crippen LogP contribution in [0, 0.1) is 13.8 Å². The Balaban J connectivity index is 1.44. The summed E-state index contributed by atoms with van der Waals surface area (Å²) in [7, 11) is 1.98. The lowest BCUT2D eigenvalue weighted by Crippen LogP contribution is -2.32. The van der Waals surface area contributed by atoms with Gasteiger partial charge in [-0.05, 0) is 39.7 Å². The van der Waals surface area contributed by atoms with Crippen molar-refractivity contribution in [3.63, 3.8) is 0 Å². The molecule has 0 amide bonds. The average Bonchev–Trinajstić information content (AvgIpc) is 3.23. The molecule has 6 nitrogen and oxygen atoms in total. The first-order valence-corrected chi connectivity index (χ1v) is 8.48. The normalized spacial score (nSPS) is 21.2. The van der Waals surface area contributed by atoms with Crippen LogP contribution < -0.4 is 5.32 Å². The first-order chi connectivity index (χ1) is 11.2. The van der Waals surface area contributed by atoms with Gasteiger partial charge in [-0.2, -0.15) is 5.10 Å². The van der Waals surface area contributed by atoms with E-state index >= 15 is 0 Å². The molecule has 1 aliphatic heterocycles. The van der Waals surface area contributed by atoms with E-state index in [4.69, 9.17) is 4.74 Å². The molecule has 1 N–H and O–H groups in total. The molecule has 23 heavy (non-hydrogen) atoms. The SMILES string of the molecule is Cc1nccn1CCCCN[C@H]1CCO[C@@H]1c1cnn(C)c1C. The highest BCUT2D eigenvalue weighted by Crippen LogP contribution is 2.30. The number of aromatic nitrogens is 4. The number of hydrogen-bond acceptors (Lipinski definition) is 4. The molecule has 0 aromatic carbocycles. The quantitative estimate of drug-likeness (QED) is 0.795. The number of rotatable bonds is 7. The topological polar surface area (TPSA) is 56.9 Å². The summed E-state index contributed by atoms with van der Waals surface area (Å²) in [5.41, 5.74) is 2.41. The molecule has 1 saturated heterocycles. The number of ether oxygens (including phenoxy) is 1. The van der Waals surface area contributed by atoms with E-state index in [0.717, 1.165) is 44.8 Å². The lowest BCUT2D eigenvalue weighted by Gasteiger charge is -2.20. The van der Waals surface area contributed by atoms with Crippen LogP contribution in [0.3, 0.4) is 0 Å². The van der Waals surface area contributed by atoms with Crippen LogP contribution in [0.1, 0.15) is 42.4 Å². The zero-order valence-corrected chi connectivity index (χ0v) is 14.3. The van der Waals surface area contributed by atoms with Crippen molar-refractivity contribution in [3.05, 3.63) is 35.7 Å². The molecule has 0 saturated carbocycles. The summed E-state index contributed by atoms with van der Waals surface area (Å²) in [6, 6.07) is 0.396. The molecule has 1 fully saturated rings. The predicted molar refractivity (Wildman–Crippen MR) is 89.2 cm³/mol. The van der Waals surface area contributed by atoms with E-state index in [9.17, 15) is 0 Å². The van der Waals surface area contributed by atoms with Crippen molar-refractivity contribution < 1.29 is 4.74 Å². The number of unbranched alkanes of at least 4 members (excludes halogenated alkanes) is 1. The minimum Gasteiger partial charge on any atom is -0.372 e. The zero-order valence-electron chi connectivity index (χ0n) is 14.3. The highest BCUT2D eigenvalue weighted by atomic mass is 16.5. The van der Waals surface area contributed by atoms with Gasteiger partial charge in [-0.3, -0.25) is 4.68 Å². The van der Waals surface area contributed by atoms with Crippen molar-refractivity contribution in [2.24, 2.45) is 7.05 Å². The maximum absolute atomic E-state index is 5.95. The van der Waals surface area contributed by atoms with Crippen LogP contribution in [0.25, 0.3) is 0 Å². The van der Waals surface area contributed by atoms with Crippen LogP contribution in [0.5, 0.6) is 0 Å². The molecule has 3 rings (SSSR count). The van der Waals surface area contributed by atoms with Crippen LogP contribution in [-0.4, -0.2) is 38.5 Å². The lowest BCUT2D eigenvalue weighted by atomic mass is 10.0. The molecule has 1 aliphatic rings. The Hall–Kier alpha value is -1.66. The third-order valence-corrected chi connectivity index (χ3v) is 4.83. The van der Waals surface area contributed by atoms with Crippen molar-refractivity contribution in [1.29, 1.82) is 0 Å². The molecule has 3 heterocycles. The zero-order chi connectivity index (χ0) is 16.2. The van der Waals surface area contributed by atoms with E-state index in [2.05, 4.69) is 40.0 Å². The highest BCUT2D eigenvalue weighted by molar-refractivity contribution is 5.21. The Morgan fingerprint density at radius 2 is 2.22 bits per heavy atom. The van der Waals surface area contributed by atoms with Crippen molar-refractivity contribution in [1.82, 2.24) is 24.6 Å². The van der Waals surface area contributed by atoms with Crippen molar-refractivity contribution in [2.75, 3.05) is 13.2 Å². The van der Waals surface area contributed by atoms with E-state index in [1.54, 1.807) is 0 Å². The second-order valence-corrected chi connectivity index (χ2v) is 6.32. The molecule has 2 atom stereocenters. The molecule has 126 valence electrons. The van der Waals surface area contributed by atoms with Gasteiger partial charge in [-0.25, -0.2) is 4.98 Å². The fourth-order valence-corrected chi connectivity index (χ4v) is 3.23. The summed E-state index contributed by atoms with van der Waals surface area (Å²) >= 11 is 0. The monoisotopic (exact) mass is 317 g/mol. The van der Waals surface area contributed by atoms with Gasteiger partial charge in [0, 0.05) is 49.9 Å². The van der Waals surface area contributed by atoms with Gasteiger partial charge in [0.15, 0.2) is 0 Å². The van der Waals surface area contributed by atoms with Crippen LogP contribution in [-0.2, 0) is 18.3 Å². The maximum Gasteiger partial charge on any atom is 0.105 e. The fraction of sp³-hybridized carbons (Fsp3) is 0.647. The molecule has 0 spiro atoms. The average molecular weight is 317 g/mol. The molecular formula is C17H27N5O. The Labute approximate surface area is 137 Å². The van der Waals surface area contributed by atoms with Crippen molar-refractivity contribution in [3.8, 4) is 0 Å². The Morgan fingerprint density at radius 3 is 2.91 bits per heavy atom. The van der Waals surface area contributed by atoms with Crippen LogP contribution >= 0.6 is 0 Å². The Bertz CT molecular complexity index is 633. The molecule has 6 heteroatoms. The minimum absolute atomic E-state index is 0.139. The standard InChI is InChI=1S/C17H27N5O/c1-13-15(12-20-21(13)3)17-16(6-11-23-17)19-7-4-5-9-22-10-8-18-14(22)2/h8,10,12,16-17,19H,4-7,9,11H2,1-3H3/t16-,17+/m0/s1. The van der Waals surface area contributed by atoms with Crippen molar-refractivity contribution >= 4 is 0 Å². The van der Waals surface area contributed by atoms with E-state index in [1.807, 2.05) is 24.1 Å². The number of nitrogens with zero attached hydrogens (tertiary/aromatic N) is 4. The van der Waals surface area contributed by atoms with Gasteiger partial charge in [-0.1, -0.05) is 0 Å².